The summed E-state index contributed by atoms with van der Waals surface area (Å²) in [6, 6.07) is 3.80. The Labute approximate surface area is 160 Å². The lowest BCUT2D eigenvalue weighted by Crippen LogP contribution is -2.09. The molecular formula is C18H20N2O4S2. The molecule has 0 aliphatic carbocycles. The van der Waals surface area contributed by atoms with E-state index in [1.165, 1.54) is 11.3 Å². The molecule has 2 aromatic rings. The normalized spacial score (nSPS) is 10.4. The number of nitrogens with zero attached hydrogens (tertiary/aromatic N) is 1. The molecule has 2 heterocycles. The number of anilines is 1. The largest absolute Gasteiger partial charge is 0.462 e. The zero-order chi connectivity index (χ0) is 19.3. The van der Waals surface area contributed by atoms with E-state index in [4.69, 9.17) is 15.2 Å². The van der Waals surface area contributed by atoms with E-state index in [0.29, 0.717) is 10.4 Å². The Morgan fingerprint density at radius 3 is 2.58 bits per heavy atom. The van der Waals surface area contributed by atoms with E-state index < -0.39 is 11.9 Å². The minimum atomic E-state index is -0.575. The monoisotopic (exact) mass is 392 g/mol. The van der Waals surface area contributed by atoms with Crippen molar-refractivity contribution in [3.05, 3.63) is 37.4 Å². The fourth-order valence-electron chi connectivity index (χ4n) is 2.45. The molecule has 0 amide bonds. The van der Waals surface area contributed by atoms with Gasteiger partial charge in [-0.1, -0.05) is 13.3 Å². The van der Waals surface area contributed by atoms with E-state index in [9.17, 15) is 14.9 Å². The van der Waals surface area contributed by atoms with Gasteiger partial charge in [-0.2, -0.15) is 5.26 Å². The van der Waals surface area contributed by atoms with Crippen LogP contribution in [-0.4, -0.2) is 18.5 Å². The molecule has 2 rings (SSSR count). The summed E-state index contributed by atoms with van der Waals surface area (Å²) in [4.78, 5) is 26.2. The smallest absolute Gasteiger partial charge is 0.348 e. The molecule has 0 aliphatic rings. The van der Waals surface area contributed by atoms with Gasteiger partial charge in [-0.15, -0.1) is 22.7 Å². The first-order chi connectivity index (χ1) is 12.4. The molecule has 2 aromatic heterocycles. The van der Waals surface area contributed by atoms with E-state index in [-0.39, 0.29) is 28.7 Å². The Balaban J connectivity index is 2.20. The molecule has 0 spiro atoms. The van der Waals surface area contributed by atoms with Crippen LogP contribution in [0.4, 0.5) is 5.00 Å². The van der Waals surface area contributed by atoms with Crippen LogP contribution in [0.25, 0.3) is 0 Å². The van der Waals surface area contributed by atoms with Crippen LogP contribution in [-0.2, 0) is 22.5 Å². The molecule has 2 N–H and O–H groups in total. The third kappa shape index (κ3) is 4.23. The number of thiophene rings is 2. The predicted octanol–water partition coefficient (Wildman–Crippen LogP) is 4.06. The fraction of sp³-hybridized carbons (Fsp3) is 0.389. The van der Waals surface area contributed by atoms with Gasteiger partial charge in [0.1, 0.15) is 27.4 Å². The predicted molar refractivity (Wildman–Crippen MR) is 102 cm³/mol. The highest BCUT2D eigenvalue weighted by molar-refractivity contribution is 7.18. The number of aryl methyl sites for hydroxylation is 2. The zero-order valence-electron chi connectivity index (χ0n) is 14.9. The molecule has 0 fully saturated rings. The first-order valence-electron chi connectivity index (χ1n) is 8.17. The van der Waals surface area contributed by atoms with Crippen LogP contribution in [0.15, 0.2) is 6.07 Å². The van der Waals surface area contributed by atoms with Gasteiger partial charge in [0, 0.05) is 10.4 Å². The summed E-state index contributed by atoms with van der Waals surface area (Å²) in [5.74, 6) is -1.06. The fourth-order valence-corrected chi connectivity index (χ4v) is 4.34. The van der Waals surface area contributed by atoms with E-state index in [0.717, 1.165) is 34.6 Å². The third-order valence-electron chi connectivity index (χ3n) is 3.70. The number of nitrogens with two attached hydrogens (primary N) is 1. The van der Waals surface area contributed by atoms with Crippen LogP contribution in [0.3, 0.4) is 0 Å². The maximum absolute atomic E-state index is 12.4. The van der Waals surface area contributed by atoms with Gasteiger partial charge in [-0.05, 0) is 31.9 Å². The van der Waals surface area contributed by atoms with Crippen molar-refractivity contribution in [1.82, 2.24) is 0 Å². The molecule has 0 atom stereocenters. The van der Waals surface area contributed by atoms with E-state index >= 15 is 0 Å². The lowest BCUT2D eigenvalue weighted by atomic mass is 10.1. The Kier molecular flexibility index (Phi) is 6.77. The summed E-state index contributed by atoms with van der Waals surface area (Å²) in [7, 11) is 0. The van der Waals surface area contributed by atoms with E-state index in [1.807, 2.05) is 19.1 Å². The molecule has 0 aliphatic heterocycles. The molecule has 0 bridgehead atoms. The van der Waals surface area contributed by atoms with Crippen molar-refractivity contribution < 1.29 is 19.1 Å². The van der Waals surface area contributed by atoms with Crippen molar-refractivity contribution in [1.29, 1.82) is 5.26 Å². The topological polar surface area (TPSA) is 102 Å². The summed E-state index contributed by atoms with van der Waals surface area (Å²) < 4.78 is 10.3. The van der Waals surface area contributed by atoms with Crippen LogP contribution in [0.5, 0.6) is 0 Å². The molecule has 0 unspecified atom stereocenters. The number of hydrogen-bond acceptors (Lipinski definition) is 8. The summed E-state index contributed by atoms with van der Waals surface area (Å²) >= 11 is 2.34. The van der Waals surface area contributed by atoms with Gasteiger partial charge in [0.05, 0.1) is 12.2 Å². The molecule has 6 nitrogen and oxygen atoms in total. The molecule has 0 saturated carbocycles. The Hall–Kier alpha value is -2.37. The highest BCUT2D eigenvalue weighted by atomic mass is 32.1. The summed E-state index contributed by atoms with van der Waals surface area (Å²) in [5, 5.41) is 9.50. The maximum atomic E-state index is 12.4. The Bertz CT molecular complexity index is 861. The van der Waals surface area contributed by atoms with Crippen molar-refractivity contribution >= 4 is 39.6 Å². The quantitative estimate of drug-likeness (QED) is 0.713. The number of rotatable bonds is 7. The van der Waals surface area contributed by atoms with Crippen molar-refractivity contribution in [3.63, 3.8) is 0 Å². The minimum absolute atomic E-state index is 0.153. The van der Waals surface area contributed by atoms with Crippen molar-refractivity contribution in [2.24, 2.45) is 0 Å². The Morgan fingerprint density at radius 2 is 1.96 bits per heavy atom. The first kappa shape index (κ1) is 19.9. The van der Waals surface area contributed by atoms with Crippen LogP contribution in [0.2, 0.25) is 0 Å². The summed E-state index contributed by atoms with van der Waals surface area (Å²) in [5.41, 5.74) is 7.39. The second-order valence-electron chi connectivity index (χ2n) is 5.50. The maximum Gasteiger partial charge on any atom is 0.348 e. The van der Waals surface area contributed by atoms with E-state index in [2.05, 4.69) is 6.92 Å². The third-order valence-corrected chi connectivity index (χ3v) is 5.81. The van der Waals surface area contributed by atoms with Crippen LogP contribution in [0, 0.1) is 18.3 Å². The van der Waals surface area contributed by atoms with Gasteiger partial charge in [-0.3, -0.25) is 0 Å². The number of hydrogen-bond donors (Lipinski definition) is 1. The highest BCUT2D eigenvalue weighted by Gasteiger charge is 2.24. The molecular weight excluding hydrogens is 372 g/mol. The average Bonchev–Trinajstić information content (AvgIpc) is 3.13. The second kappa shape index (κ2) is 8.83. The number of carbonyl (C=O) groups excluding carboxylic acids is 2. The summed E-state index contributed by atoms with van der Waals surface area (Å²) in [6.07, 6.45) is 1.90. The van der Waals surface area contributed by atoms with Gasteiger partial charge in [-0.25, -0.2) is 9.59 Å². The minimum Gasteiger partial charge on any atom is -0.462 e. The molecule has 8 heteroatoms. The average molecular weight is 393 g/mol. The Morgan fingerprint density at radius 1 is 1.23 bits per heavy atom. The van der Waals surface area contributed by atoms with Gasteiger partial charge < -0.3 is 15.2 Å². The van der Waals surface area contributed by atoms with Crippen LogP contribution in [0.1, 0.15) is 61.2 Å². The number of ether oxygens (including phenoxy) is 2. The lowest BCUT2D eigenvalue weighted by Gasteiger charge is -2.05. The van der Waals surface area contributed by atoms with Gasteiger partial charge in [0.15, 0.2) is 0 Å². The van der Waals surface area contributed by atoms with Gasteiger partial charge in [0.25, 0.3) is 0 Å². The number of nitriles is 1. The van der Waals surface area contributed by atoms with Crippen molar-refractivity contribution in [2.45, 2.75) is 40.2 Å². The van der Waals surface area contributed by atoms with Crippen LogP contribution >= 0.6 is 22.7 Å². The lowest BCUT2D eigenvalue weighted by molar-refractivity contribution is 0.0457. The van der Waals surface area contributed by atoms with Crippen LogP contribution < -0.4 is 5.73 Å². The summed E-state index contributed by atoms with van der Waals surface area (Å²) in [6.45, 7) is 5.73. The number of carbonyl (C=O) groups is 2. The van der Waals surface area contributed by atoms with Gasteiger partial charge >= 0.3 is 11.9 Å². The van der Waals surface area contributed by atoms with Crippen molar-refractivity contribution in [3.8, 4) is 6.07 Å². The molecule has 138 valence electrons. The van der Waals surface area contributed by atoms with Gasteiger partial charge in [0.2, 0.25) is 0 Å². The first-order valence-corrected chi connectivity index (χ1v) is 9.80. The molecule has 0 radical (unpaired) electrons. The SMILES string of the molecule is CCCc1cc(C(=O)OCc2c(C(=O)OCC)sc(N)c2C#N)sc1C. The number of nitrogen functional groups attached to an aromatic ring is 1. The highest BCUT2D eigenvalue weighted by Crippen LogP contribution is 2.32. The molecule has 0 aromatic carbocycles. The number of esters is 2. The van der Waals surface area contributed by atoms with Crippen molar-refractivity contribution in [2.75, 3.05) is 12.3 Å². The molecule has 26 heavy (non-hydrogen) atoms. The zero-order valence-corrected chi connectivity index (χ0v) is 16.5. The second-order valence-corrected chi connectivity index (χ2v) is 7.81. The van der Waals surface area contributed by atoms with E-state index in [1.54, 1.807) is 6.92 Å². The standard InChI is InChI=1S/C18H20N2O4S2/c1-4-6-11-7-14(25-10(11)3)17(21)24-9-13-12(8-19)16(20)26-15(13)18(22)23-5-2/h7H,4-6,9,20H2,1-3H3. The molecule has 0 saturated heterocycles.